The molecule has 1 aromatic rings. The lowest BCUT2D eigenvalue weighted by atomic mass is 10.2. The summed E-state index contributed by atoms with van der Waals surface area (Å²) in [5.41, 5.74) is 3.74. The predicted molar refractivity (Wildman–Crippen MR) is 38.3 cm³/mol. The summed E-state index contributed by atoms with van der Waals surface area (Å²) >= 11 is 0. The Labute approximate surface area is 71.6 Å². The molecule has 0 aliphatic heterocycles. The van der Waals surface area contributed by atoms with Crippen molar-refractivity contribution in [2.75, 3.05) is 5.73 Å². The van der Waals surface area contributed by atoms with Crippen LogP contribution in [0.15, 0.2) is 6.07 Å². The van der Waals surface area contributed by atoms with E-state index in [1.165, 1.54) is 6.07 Å². The van der Waals surface area contributed by atoms with Crippen LogP contribution in [0, 0.1) is 17.1 Å². The van der Waals surface area contributed by atoms with Crippen molar-refractivity contribution in [3.05, 3.63) is 23.1 Å². The Balaban J connectivity index is 3.33. The third-order valence-electron chi connectivity index (χ3n) is 1.37. The highest BCUT2D eigenvalue weighted by molar-refractivity contribution is 5.44. The second kappa shape index (κ2) is 3.31. The fourth-order valence-electron chi connectivity index (χ4n) is 0.816. The van der Waals surface area contributed by atoms with Crippen LogP contribution in [0.5, 0.6) is 0 Å². The number of aromatic nitrogens is 1. The number of nitriles is 1. The van der Waals surface area contributed by atoms with E-state index in [0.29, 0.717) is 6.07 Å². The van der Waals surface area contributed by atoms with Crippen molar-refractivity contribution in [2.24, 2.45) is 0 Å². The van der Waals surface area contributed by atoms with Crippen molar-refractivity contribution < 1.29 is 13.2 Å². The predicted octanol–water partition coefficient (Wildman–Crippen LogP) is 1.61. The number of hydrogen-bond acceptors (Lipinski definition) is 3. The molecule has 68 valence electrons. The van der Waals surface area contributed by atoms with Crippen molar-refractivity contribution in [1.82, 2.24) is 4.98 Å². The number of alkyl halides is 2. The maximum absolute atomic E-state index is 12.8. The molecule has 0 atom stereocenters. The Morgan fingerprint density at radius 1 is 1.54 bits per heavy atom. The van der Waals surface area contributed by atoms with Crippen LogP contribution in [0.3, 0.4) is 0 Å². The van der Waals surface area contributed by atoms with Gasteiger partial charge in [0.15, 0.2) is 0 Å². The quantitative estimate of drug-likeness (QED) is 0.726. The second-order valence-corrected chi connectivity index (χ2v) is 2.20. The minimum absolute atomic E-state index is 0.320. The van der Waals surface area contributed by atoms with Gasteiger partial charge in [0.1, 0.15) is 23.4 Å². The number of rotatable bonds is 1. The molecule has 0 aliphatic rings. The van der Waals surface area contributed by atoms with Gasteiger partial charge in [0.05, 0.1) is 5.56 Å². The molecule has 6 heteroatoms. The number of nitrogens with zero attached hydrogens (tertiary/aromatic N) is 2. The van der Waals surface area contributed by atoms with Crippen molar-refractivity contribution in [3.63, 3.8) is 0 Å². The summed E-state index contributed by atoms with van der Waals surface area (Å²) < 4.78 is 37.0. The van der Waals surface area contributed by atoms with Crippen LogP contribution in [0.1, 0.15) is 17.7 Å². The number of halogens is 3. The number of nitrogens with two attached hydrogens (primary N) is 1. The lowest BCUT2D eigenvalue weighted by molar-refractivity contribution is 0.147. The van der Waals surface area contributed by atoms with Crippen LogP contribution in [-0.4, -0.2) is 4.98 Å². The van der Waals surface area contributed by atoms with Gasteiger partial charge in [0.2, 0.25) is 0 Å². The molecule has 0 aromatic carbocycles. The topological polar surface area (TPSA) is 62.7 Å². The fourth-order valence-corrected chi connectivity index (χ4v) is 0.816. The molecule has 2 N–H and O–H groups in total. The minimum atomic E-state index is -3.03. The maximum atomic E-state index is 12.8. The van der Waals surface area contributed by atoms with Gasteiger partial charge in [-0.15, -0.1) is 0 Å². The van der Waals surface area contributed by atoms with Crippen LogP contribution >= 0.6 is 0 Å². The van der Waals surface area contributed by atoms with E-state index in [4.69, 9.17) is 11.0 Å². The Bertz CT molecular complexity index is 347. The van der Waals surface area contributed by atoms with Gasteiger partial charge in [-0.05, 0) is 0 Å². The Morgan fingerprint density at radius 3 is 2.54 bits per heavy atom. The van der Waals surface area contributed by atoms with Crippen LogP contribution in [0.4, 0.5) is 19.0 Å². The summed E-state index contributed by atoms with van der Waals surface area (Å²) in [6, 6.07) is 2.12. The molecular weight excluding hydrogens is 183 g/mol. The molecule has 0 aliphatic carbocycles. The highest BCUT2D eigenvalue weighted by Crippen LogP contribution is 2.26. The molecule has 13 heavy (non-hydrogen) atoms. The summed E-state index contributed by atoms with van der Waals surface area (Å²) in [7, 11) is 0. The molecule has 0 spiro atoms. The number of pyridine rings is 1. The van der Waals surface area contributed by atoms with Gasteiger partial charge in [-0.1, -0.05) is 0 Å². The van der Waals surface area contributed by atoms with Crippen molar-refractivity contribution in [3.8, 4) is 6.07 Å². The average molecular weight is 187 g/mol. The first-order chi connectivity index (χ1) is 6.06. The van der Waals surface area contributed by atoms with E-state index < -0.39 is 23.6 Å². The monoisotopic (exact) mass is 187 g/mol. The third-order valence-corrected chi connectivity index (χ3v) is 1.37. The zero-order valence-corrected chi connectivity index (χ0v) is 6.26. The highest BCUT2D eigenvalue weighted by atomic mass is 19.3. The molecule has 0 saturated carbocycles. The molecule has 1 aromatic heterocycles. The SMILES string of the molecule is N#Cc1cc(F)c(C(F)F)c(N)n1. The first kappa shape index (κ1) is 9.32. The number of nitrogen functional groups attached to an aromatic ring is 1. The molecule has 1 rings (SSSR count). The molecule has 0 amide bonds. The summed E-state index contributed by atoms with van der Waals surface area (Å²) in [4.78, 5) is 3.27. The largest absolute Gasteiger partial charge is 0.383 e. The minimum Gasteiger partial charge on any atom is -0.383 e. The third kappa shape index (κ3) is 1.69. The van der Waals surface area contributed by atoms with Crippen LogP contribution in [0.2, 0.25) is 0 Å². The van der Waals surface area contributed by atoms with Crippen molar-refractivity contribution in [1.29, 1.82) is 5.26 Å². The molecule has 3 nitrogen and oxygen atoms in total. The molecular formula is C7H4F3N3. The highest BCUT2D eigenvalue weighted by Gasteiger charge is 2.19. The van der Waals surface area contributed by atoms with Gasteiger partial charge in [-0.3, -0.25) is 0 Å². The first-order valence-electron chi connectivity index (χ1n) is 3.20. The van der Waals surface area contributed by atoms with E-state index in [0.717, 1.165) is 0 Å². The molecule has 0 fully saturated rings. The van der Waals surface area contributed by atoms with Crippen LogP contribution in [0.25, 0.3) is 0 Å². The molecule has 0 bridgehead atoms. The van der Waals surface area contributed by atoms with E-state index in [9.17, 15) is 13.2 Å². The second-order valence-electron chi connectivity index (χ2n) is 2.20. The smallest absolute Gasteiger partial charge is 0.270 e. The standard InChI is InChI=1S/C7H4F3N3/c8-4-1-3(2-11)13-7(12)5(4)6(9)10/h1,6H,(H2,12,13). The fraction of sp³-hybridized carbons (Fsp3) is 0.143. The van der Waals surface area contributed by atoms with Gasteiger partial charge in [-0.2, -0.15) is 5.26 Å². The lowest BCUT2D eigenvalue weighted by Gasteiger charge is -2.04. The maximum Gasteiger partial charge on any atom is 0.270 e. The molecule has 0 saturated heterocycles. The summed E-state index contributed by atoms with van der Waals surface area (Å²) in [5.74, 6) is -1.86. The van der Waals surface area contributed by atoms with E-state index in [1.54, 1.807) is 0 Å². The molecule has 1 heterocycles. The van der Waals surface area contributed by atoms with Gasteiger partial charge in [-0.25, -0.2) is 18.2 Å². The van der Waals surface area contributed by atoms with Crippen molar-refractivity contribution >= 4 is 5.82 Å². The van der Waals surface area contributed by atoms with Gasteiger partial charge >= 0.3 is 0 Å². The van der Waals surface area contributed by atoms with E-state index in [1.807, 2.05) is 0 Å². The van der Waals surface area contributed by atoms with E-state index >= 15 is 0 Å². The van der Waals surface area contributed by atoms with Gasteiger partial charge in [0.25, 0.3) is 6.43 Å². The van der Waals surface area contributed by atoms with Gasteiger partial charge in [0, 0.05) is 6.07 Å². The zero-order chi connectivity index (χ0) is 10.0. The Kier molecular flexibility index (Phi) is 2.37. The lowest BCUT2D eigenvalue weighted by Crippen LogP contribution is -2.03. The average Bonchev–Trinajstić information content (AvgIpc) is 2.02. The zero-order valence-electron chi connectivity index (χ0n) is 6.26. The van der Waals surface area contributed by atoms with Crippen LogP contribution < -0.4 is 5.73 Å². The number of hydrogen-bond donors (Lipinski definition) is 1. The summed E-state index contributed by atoms with van der Waals surface area (Å²) in [6.07, 6.45) is -3.03. The summed E-state index contributed by atoms with van der Waals surface area (Å²) in [5, 5.41) is 8.29. The molecule has 0 unspecified atom stereocenters. The molecule has 0 radical (unpaired) electrons. The van der Waals surface area contributed by atoms with Crippen molar-refractivity contribution in [2.45, 2.75) is 6.43 Å². The Hall–Kier alpha value is -1.77. The normalized spacial score (nSPS) is 10.1. The first-order valence-corrected chi connectivity index (χ1v) is 3.20. The summed E-state index contributed by atoms with van der Waals surface area (Å²) in [6.45, 7) is 0. The Morgan fingerprint density at radius 2 is 2.15 bits per heavy atom. The van der Waals surface area contributed by atoms with Crippen LogP contribution in [-0.2, 0) is 0 Å². The van der Waals surface area contributed by atoms with Gasteiger partial charge < -0.3 is 5.73 Å². The van der Waals surface area contributed by atoms with E-state index in [-0.39, 0.29) is 5.69 Å². The number of anilines is 1. The van der Waals surface area contributed by atoms with E-state index in [2.05, 4.69) is 4.98 Å².